The normalized spacial score (nSPS) is 15.0. The van der Waals surface area contributed by atoms with E-state index in [-0.39, 0.29) is 17.9 Å². The van der Waals surface area contributed by atoms with Crippen LogP contribution in [0.15, 0.2) is 24.3 Å². The molecule has 1 aromatic rings. The third kappa shape index (κ3) is 6.77. The quantitative estimate of drug-likeness (QED) is 0.736. The van der Waals surface area contributed by atoms with Crippen LogP contribution in [0.3, 0.4) is 0 Å². The topological polar surface area (TPSA) is 58.6 Å². The van der Waals surface area contributed by atoms with E-state index in [0.29, 0.717) is 25.9 Å². The minimum Gasteiger partial charge on any atom is -0.494 e. The third-order valence-corrected chi connectivity index (χ3v) is 4.51. The molecule has 5 heteroatoms. The minimum absolute atomic E-state index is 0.0749. The molecular formula is C20H30N2O3. The Bertz CT molecular complexity index is 549. The third-order valence-electron chi connectivity index (χ3n) is 4.51. The lowest BCUT2D eigenvalue weighted by Gasteiger charge is -2.32. The van der Waals surface area contributed by atoms with Crippen molar-refractivity contribution in [1.82, 2.24) is 10.2 Å². The van der Waals surface area contributed by atoms with Crippen molar-refractivity contribution in [3.63, 3.8) is 0 Å². The van der Waals surface area contributed by atoms with Crippen LogP contribution in [0.25, 0.3) is 0 Å². The average molecular weight is 346 g/mol. The van der Waals surface area contributed by atoms with Crippen LogP contribution in [0, 0.1) is 6.92 Å². The molecule has 1 heterocycles. The van der Waals surface area contributed by atoms with Crippen LogP contribution in [-0.4, -0.2) is 42.5 Å². The molecule has 25 heavy (non-hydrogen) atoms. The molecule has 5 nitrogen and oxygen atoms in total. The van der Waals surface area contributed by atoms with Crippen molar-refractivity contribution in [2.45, 2.75) is 58.4 Å². The Labute approximate surface area is 150 Å². The number of benzene rings is 1. The molecule has 2 rings (SSSR count). The van der Waals surface area contributed by atoms with Crippen LogP contribution in [0.2, 0.25) is 0 Å². The van der Waals surface area contributed by atoms with Crippen LogP contribution in [0.1, 0.15) is 51.0 Å². The average Bonchev–Trinajstić information content (AvgIpc) is 2.61. The van der Waals surface area contributed by atoms with Gasteiger partial charge in [0.25, 0.3) is 0 Å². The van der Waals surface area contributed by atoms with Gasteiger partial charge in [-0.15, -0.1) is 0 Å². The highest BCUT2D eigenvalue weighted by Gasteiger charge is 2.23. The molecule has 0 saturated carbocycles. The van der Waals surface area contributed by atoms with E-state index in [1.807, 2.05) is 43.0 Å². The van der Waals surface area contributed by atoms with Gasteiger partial charge in [0.2, 0.25) is 11.8 Å². The van der Waals surface area contributed by atoms with E-state index >= 15 is 0 Å². The van der Waals surface area contributed by atoms with E-state index in [1.165, 1.54) is 5.56 Å². The summed E-state index contributed by atoms with van der Waals surface area (Å²) in [5.74, 6) is 1.15. The summed E-state index contributed by atoms with van der Waals surface area (Å²) in [6.07, 6.45) is 4.38. The summed E-state index contributed by atoms with van der Waals surface area (Å²) < 4.78 is 5.64. The van der Waals surface area contributed by atoms with Crippen molar-refractivity contribution in [2.75, 3.05) is 19.7 Å². The van der Waals surface area contributed by atoms with Crippen LogP contribution in [0.5, 0.6) is 5.75 Å². The van der Waals surface area contributed by atoms with Gasteiger partial charge in [-0.25, -0.2) is 0 Å². The van der Waals surface area contributed by atoms with Gasteiger partial charge in [-0.05, 0) is 44.7 Å². The summed E-state index contributed by atoms with van der Waals surface area (Å²) in [5.41, 5.74) is 1.20. The lowest BCUT2D eigenvalue weighted by atomic mass is 10.0. The second-order valence-corrected chi connectivity index (χ2v) is 6.74. The lowest BCUT2D eigenvalue weighted by molar-refractivity contribution is -0.132. The molecule has 1 aromatic carbocycles. The van der Waals surface area contributed by atoms with E-state index in [0.717, 1.165) is 38.1 Å². The summed E-state index contributed by atoms with van der Waals surface area (Å²) in [6, 6.07) is 8.11. The van der Waals surface area contributed by atoms with Crippen molar-refractivity contribution in [3.05, 3.63) is 29.8 Å². The van der Waals surface area contributed by atoms with Crippen molar-refractivity contribution < 1.29 is 14.3 Å². The van der Waals surface area contributed by atoms with Crippen molar-refractivity contribution in [3.8, 4) is 5.75 Å². The number of hydrogen-bond donors (Lipinski definition) is 1. The summed E-state index contributed by atoms with van der Waals surface area (Å²) in [4.78, 5) is 25.8. The Balaban J connectivity index is 1.58. The maximum Gasteiger partial charge on any atom is 0.222 e. The number of aryl methyl sites for hydroxylation is 1. The lowest BCUT2D eigenvalue weighted by Crippen LogP contribution is -2.46. The number of nitrogens with zero attached hydrogens (tertiary/aromatic N) is 1. The van der Waals surface area contributed by atoms with Gasteiger partial charge < -0.3 is 15.0 Å². The molecule has 0 atom stereocenters. The largest absolute Gasteiger partial charge is 0.494 e. The number of hydrogen-bond acceptors (Lipinski definition) is 3. The van der Waals surface area contributed by atoms with Gasteiger partial charge in [0.05, 0.1) is 6.61 Å². The fourth-order valence-corrected chi connectivity index (χ4v) is 3.00. The highest BCUT2D eigenvalue weighted by Crippen LogP contribution is 2.13. The Kier molecular flexibility index (Phi) is 7.76. The van der Waals surface area contributed by atoms with Gasteiger partial charge in [-0.3, -0.25) is 9.59 Å². The van der Waals surface area contributed by atoms with Crippen LogP contribution >= 0.6 is 0 Å². The maximum absolute atomic E-state index is 12.0. The maximum atomic E-state index is 12.0. The van der Waals surface area contributed by atoms with Gasteiger partial charge in [0.1, 0.15) is 5.75 Å². The first kappa shape index (κ1) is 19.3. The smallest absolute Gasteiger partial charge is 0.222 e. The fraction of sp³-hybridized carbons (Fsp3) is 0.600. The number of carbonyl (C=O) groups is 2. The molecular weight excluding hydrogens is 316 g/mol. The zero-order chi connectivity index (χ0) is 18.1. The second kappa shape index (κ2) is 10.1. The number of nitrogens with one attached hydrogen (secondary N) is 1. The first-order valence-electron chi connectivity index (χ1n) is 9.35. The van der Waals surface area contributed by atoms with Crippen molar-refractivity contribution in [1.29, 1.82) is 0 Å². The molecule has 1 aliphatic rings. The van der Waals surface area contributed by atoms with E-state index < -0.39 is 0 Å². The molecule has 0 bridgehead atoms. The molecule has 1 aliphatic heterocycles. The highest BCUT2D eigenvalue weighted by atomic mass is 16.5. The predicted molar refractivity (Wildman–Crippen MR) is 98.6 cm³/mol. The summed E-state index contributed by atoms with van der Waals surface area (Å²) in [5, 5.41) is 3.08. The van der Waals surface area contributed by atoms with Crippen LogP contribution in [-0.2, 0) is 9.59 Å². The van der Waals surface area contributed by atoms with Crippen molar-refractivity contribution >= 4 is 11.8 Å². The van der Waals surface area contributed by atoms with Gasteiger partial charge >= 0.3 is 0 Å². The molecule has 2 amide bonds. The van der Waals surface area contributed by atoms with Crippen LogP contribution in [0.4, 0.5) is 0 Å². The Morgan fingerprint density at radius 1 is 1.16 bits per heavy atom. The Morgan fingerprint density at radius 3 is 2.48 bits per heavy atom. The fourth-order valence-electron chi connectivity index (χ4n) is 3.00. The monoisotopic (exact) mass is 346 g/mol. The first-order valence-corrected chi connectivity index (χ1v) is 9.35. The molecule has 0 aliphatic carbocycles. The standard InChI is InChI=1S/C20H30N2O3/c1-3-5-20(24)22-13-11-17(12-14-22)21-19(23)6-4-15-25-18-9-7-16(2)8-10-18/h7-10,17H,3-6,11-15H2,1-2H3,(H,21,23). The van der Waals surface area contributed by atoms with E-state index in [4.69, 9.17) is 4.74 Å². The summed E-state index contributed by atoms with van der Waals surface area (Å²) in [6.45, 7) is 6.10. The Morgan fingerprint density at radius 2 is 1.84 bits per heavy atom. The van der Waals surface area contributed by atoms with Gasteiger partial charge in [-0.1, -0.05) is 24.6 Å². The number of carbonyl (C=O) groups excluding carboxylic acids is 2. The van der Waals surface area contributed by atoms with Gasteiger partial charge in [0.15, 0.2) is 0 Å². The number of likely N-dealkylation sites (tertiary alicyclic amines) is 1. The number of amides is 2. The molecule has 0 spiro atoms. The predicted octanol–water partition coefficient (Wildman–Crippen LogP) is 3.06. The highest BCUT2D eigenvalue weighted by molar-refractivity contribution is 5.77. The Hall–Kier alpha value is -2.04. The van der Waals surface area contributed by atoms with Gasteiger partial charge in [0, 0.05) is 32.0 Å². The van der Waals surface area contributed by atoms with Crippen LogP contribution < -0.4 is 10.1 Å². The zero-order valence-electron chi connectivity index (χ0n) is 15.4. The molecule has 1 N–H and O–H groups in total. The summed E-state index contributed by atoms with van der Waals surface area (Å²) >= 11 is 0. The zero-order valence-corrected chi connectivity index (χ0v) is 15.4. The molecule has 0 radical (unpaired) electrons. The minimum atomic E-state index is 0.0749. The second-order valence-electron chi connectivity index (χ2n) is 6.74. The SMILES string of the molecule is CCCC(=O)N1CCC(NC(=O)CCCOc2ccc(C)cc2)CC1. The molecule has 0 aromatic heterocycles. The van der Waals surface area contributed by atoms with Gasteiger partial charge in [-0.2, -0.15) is 0 Å². The van der Waals surface area contributed by atoms with Crippen molar-refractivity contribution in [2.24, 2.45) is 0 Å². The van der Waals surface area contributed by atoms with E-state index in [2.05, 4.69) is 5.32 Å². The van der Waals surface area contributed by atoms with E-state index in [1.54, 1.807) is 0 Å². The molecule has 0 unspecified atom stereocenters. The molecule has 1 fully saturated rings. The molecule has 1 saturated heterocycles. The number of ether oxygens (including phenoxy) is 1. The number of piperidine rings is 1. The summed E-state index contributed by atoms with van der Waals surface area (Å²) in [7, 11) is 0. The number of rotatable bonds is 8. The first-order chi connectivity index (χ1) is 12.1. The van der Waals surface area contributed by atoms with E-state index in [9.17, 15) is 9.59 Å². The molecule has 138 valence electrons.